The van der Waals surface area contributed by atoms with Gasteiger partial charge < -0.3 is 33.8 Å². The highest BCUT2D eigenvalue weighted by atomic mass is 31.2. The Morgan fingerprint density at radius 1 is 0.287 bits per heavy atom. The van der Waals surface area contributed by atoms with Crippen LogP contribution in [0.25, 0.3) is 0 Å². The number of aliphatic hydroxyl groups excluding tert-OH is 1. The molecule has 0 saturated carbocycles. The highest BCUT2D eigenvalue weighted by Gasteiger charge is 2.30. The molecule has 0 saturated heterocycles. The molecule has 0 heterocycles. The van der Waals surface area contributed by atoms with E-state index in [9.17, 15) is 43.2 Å². The first-order valence-electron chi connectivity index (χ1n) is 35.2. The molecule has 0 aliphatic rings. The Morgan fingerprint density at radius 2 is 0.483 bits per heavy atom. The summed E-state index contributed by atoms with van der Waals surface area (Å²) in [5.74, 6) is 0.790. The third-order valence-electron chi connectivity index (χ3n) is 15.6. The summed E-state index contributed by atoms with van der Waals surface area (Å²) < 4.78 is 68.2. The van der Waals surface area contributed by atoms with Crippen molar-refractivity contribution < 1.29 is 80.2 Å². The topological polar surface area (TPSA) is 237 Å². The summed E-state index contributed by atoms with van der Waals surface area (Å²) in [6.45, 7) is 14.0. The Hall–Kier alpha value is -1.94. The number of phosphoric ester groups is 2. The van der Waals surface area contributed by atoms with Crippen molar-refractivity contribution in [2.24, 2.45) is 23.7 Å². The van der Waals surface area contributed by atoms with Crippen LogP contribution in [0.3, 0.4) is 0 Å². The van der Waals surface area contributed by atoms with E-state index in [1.165, 1.54) is 128 Å². The molecule has 0 aromatic carbocycles. The summed E-state index contributed by atoms with van der Waals surface area (Å²) in [5.41, 5.74) is 0. The van der Waals surface area contributed by atoms with E-state index in [4.69, 9.17) is 37.0 Å². The van der Waals surface area contributed by atoms with E-state index in [0.29, 0.717) is 37.5 Å². The van der Waals surface area contributed by atoms with Gasteiger partial charge in [0.1, 0.15) is 19.3 Å². The SMILES string of the molecule is CC(C)CCCCCCCCCCCCCC(=O)O[C@H](COC(=O)CCCCCCCCCCCCC(C)C)COP(=O)(O)OCC(O)COP(=O)(O)OC[C@@H](COC(=O)CCCCCCCCCC(C)C)OC(=O)CCCCCCCCCC(C)C. The van der Waals surface area contributed by atoms with Crippen molar-refractivity contribution in [3.8, 4) is 0 Å². The average molecular weight is 1280 g/mol. The normalized spacial score (nSPS) is 14.3. The number of aliphatic hydroxyl groups is 1. The van der Waals surface area contributed by atoms with Crippen LogP contribution < -0.4 is 0 Å². The second-order valence-corrected chi connectivity index (χ2v) is 29.4. The molecular weight excluding hydrogens is 1150 g/mol. The Kier molecular flexibility index (Phi) is 56.6. The van der Waals surface area contributed by atoms with Gasteiger partial charge in [0.2, 0.25) is 0 Å². The Balaban J connectivity index is 5.25. The van der Waals surface area contributed by atoms with Gasteiger partial charge in [-0.25, -0.2) is 9.13 Å². The number of unbranched alkanes of at least 4 members (excludes halogenated alkanes) is 31. The number of hydrogen-bond acceptors (Lipinski definition) is 15. The molecule has 0 aromatic rings. The zero-order valence-electron chi connectivity index (χ0n) is 56.6. The lowest BCUT2D eigenvalue weighted by atomic mass is 10.0. The maximum atomic E-state index is 13.0. The quantitative estimate of drug-likeness (QED) is 0.0222. The Bertz CT molecular complexity index is 1730. The van der Waals surface area contributed by atoms with Crippen LogP contribution in [-0.4, -0.2) is 96.7 Å². The molecular formula is C68H132O17P2. The first-order chi connectivity index (χ1) is 41.6. The monoisotopic (exact) mass is 1280 g/mol. The fraction of sp³-hybridized carbons (Fsp3) is 0.941. The molecule has 0 radical (unpaired) electrons. The molecule has 0 aromatic heterocycles. The molecule has 3 N–H and O–H groups in total. The van der Waals surface area contributed by atoms with Crippen molar-refractivity contribution in [1.82, 2.24) is 0 Å². The van der Waals surface area contributed by atoms with Gasteiger partial charge in [-0.2, -0.15) is 0 Å². The molecule has 17 nitrogen and oxygen atoms in total. The molecule has 0 spiro atoms. The van der Waals surface area contributed by atoms with Crippen LogP contribution in [0, 0.1) is 23.7 Å². The lowest BCUT2D eigenvalue weighted by Gasteiger charge is -2.21. The molecule has 5 atom stereocenters. The van der Waals surface area contributed by atoms with Crippen LogP contribution in [0.15, 0.2) is 0 Å². The van der Waals surface area contributed by atoms with Gasteiger partial charge in [0, 0.05) is 25.7 Å². The van der Waals surface area contributed by atoms with Gasteiger partial charge in [0.05, 0.1) is 26.4 Å². The Labute approximate surface area is 530 Å². The molecule has 0 amide bonds. The van der Waals surface area contributed by atoms with Crippen molar-refractivity contribution in [2.75, 3.05) is 39.6 Å². The minimum Gasteiger partial charge on any atom is -0.462 e. The van der Waals surface area contributed by atoms with Crippen molar-refractivity contribution in [3.63, 3.8) is 0 Å². The van der Waals surface area contributed by atoms with Crippen LogP contribution in [0.1, 0.15) is 331 Å². The summed E-state index contributed by atoms with van der Waals surface area (Å²) in [5, 5.41) is 10.6. The molecule has 87 heavy (non-hydrogen) atoms. The number of phosphoric acid groups is 2. The summed E-state index contributed by atoms with van der Waals surface area (Å²) >= 11 is 0. The van der Waals surface area contributed by atoms with Crippen LogP contribution in [0.2, 0.25) is 0 Å². The minimum absolute atomic E-state index is 0.102. The molecule has 3 unspecified atom stereocenters. The predicted octanol–water partition coefficient (Wildman–Crippen LogP) is 18.9. The average Bonchev–Trinajstić information content (AvgIpc) is 3.68. The van der Waals surface area contributed by atoms with Gasteiger partial charge in [-0.3, -0.25) is 37.3 Å². The predicted molar refractivity (Wildman–Crippen MR) is 349 cm³/mol. The number of carbonyl (C=O) groups is 4. The molecule has 0 aliphatic heterocycles. The van der Waals surface area contributed by atoms with Crippen LogP contribution in [0.4, 0.5) is 0 Å². The van der Waals surface area contributed by atoms with E-state index < -0.39 is 97.5 Å². The van der Waals surface area contributed by atoms with Crippen LogP contribution in [0.5, 0.6) is 0 Å². The van der Waals surface area contributed by atoms with Crippen LogP contribution in [-0.2, 0) is 65.4 Å². The van der Waals surface area contributed by atoms with Gasteiger partial charge in [-0.05, 0) is 49.4 Å². The van der Waals surface area contributed by atoms with Gasteiger partial charge in [-0.15, -0.1) is 0 Å². The number of rotatable bonds is 65. The van der Waals surface area contributed by atoms with E-state index in [2.05, 4.69) is 55.4 Å². The summed E-state index contributed by atoms with van der Waals surface area (Å²) in [6, 6.07) is 0. The molecule has 0 aliphatic carbocycles. The number of carbonyl (C=O) groups excluding carboxylic acids is 4. The highest BCUT2D eigenvalue weighted by Crippen LogP contribution is 2.45. The van der Waals surface area contributed by atoms with Crippen LogP contribution >= 0.6 is 15.6 Å². The van der Waals surface area contributed by atoms with E-state index in [1.807, 2.05) is 0 Å². The van der Waals surface area contributed by atoms with E-state index in [1.54, 1.807) is 0 Å². The second-order valence-electron chi connectivity index (χ2n) is 26.5. The number of hydrogen-bond donors (Lipinski definition) is 3. The zero-order chi connectivity index (χ0) is 64.7. The third-order valence-corrected chi connectivity index (χ3v) is 17.5. The van der Waals surface area contributed by atoms with Gasteiger partial charge in [0.25, 0.3) is 0 Å². The largest absolute Gasteiger partial charge is 0.472 e. The lowest BCUT2D eigenvalue weighted by molar-refractivity contribution is -0.161. The molecule has 0 fully saturated rings. The molecule has 19 heteroatoms. The zero-order valence-corrected chi connectivity index (χ0v) is 58.4. The smallest absolute Gasteiger partial charge is 0.462 e. The maximum Gasteiger partial charge on any atom is 0.472 e. The minimum atomic E-state index is -4.95. The summed E-state index contributed by atoms with van der Waals surface area (Å²) in [7, 11) is -9.90. The van der Waals surface area contributed by atoms with Crippen molar-refractivity contribution in [3.05, 3.63) is 0 Å². The fourth-order valence-corrected chi connectivity index (χ4v) is 11.7. The first kappa shape index (κ1) is 85.1. The summed E-state index contributed by atoms with van der Waals surface area (Å²) in [4.78, 5) is 72.4. The van der Waals surface area contributed by atoms with Gasteiger partial charge in [-0.1, -0.05) is 280 Å². The van der Waals surface area contributed by atoms with Gasteiger partial charge in [0.15, 0.2) is 12.2 Å². The first-order valence-corrected chi connectivity index (χ1v) is 38.2. The molecule has 0 bridgehead atoms. The fourth-order valence-electron chi connectivity index (χ4n) is 10.1. The van der Waals surface area contributed by atoms with Crippen molar-refractivity contribution in [1.29, 1.82) is 0 Å². The van der Waals surface area contributed by atoms with Crippen molar-refractivity contribution >= 4 is 39.5 Å². The Morgan fingerprint density at radius 3 is 0.713 bits per heavy atom. The van der Waals surface area contributed by atoms with E-state index in [-0.39, 0.29) is 25.7 Å². The lowest BCUT2D eigenvalue weighted by Crippen LogP contribution is -2.30. The second kappa shape index (κ2) is 57.9. The molecule has 0 rings (SSSR count). The number of esters is 4. The summed E-state index contributed by atoms with van der Waals surface area (Å²) in [6.07, 6.45) is 39.1. The van der Waals surface area contributed by atoms with Gasteiger partial charge >= 0.3 is 39.5 Å². The van der Waals surface area contributed by atoms with E-state index in [0.717, 1.165) is 108 Å². The standard InChI is InChI=1S/C68H132O17P2/c1-58(2)44-36-28-20-14-10-9-11-17-25-34-42-50-67(72)84-63(54-78-65(70)48-40-32-24-16-13-12-15-21-29-37-45-59(3)4)56-82-86(74,75)80-52-62(69)53-81-87(76,77)83-57-64(85-68(73)51-43-35-27-19-23-31-39-47-61(7)8)55-79-66(71)49-41-33-26-18-22-30-38-46-60(5)6/h58-64,69H,9-57H2,1-8H3,(H,74,75)(H,76,77)/t62?,63-,64-/m1/s1. The van der Waals surface area contributed by atoms with E-state index >= 15 is 0 Å². The number of ether oxygens (including phenoxy) is 4. The third kappa shape index (κ3) is 62.6. The highest BCUT2D eigenvalue weighted by molar-refractivity contribution is 7.47. The molecule has 516 valence electrons. The van der Waals surface area contributed by atoms with Crippen molar-refractivity contribution in [2.45, 2.75) is 350 Å². The maximum absolute atomic E-state index is 13.0.